The van der Waals surface area contributed by atoms with Crippen molar-refractivity contribution >= 4 is 11.4 Å². The number of rotatable bonds is 5. The van der Waals surface area contributed by atoms with E-state index < -0.39 is 23.5 Å². The van der Waals surface area contributed by atoms with Gasteiger partial charge in [-0.25, -0.2) is 0 Å². The summed E-state index contributed by atoms with van der Waals surface area (Å²) in [5.74, 6) is -0.119. The predicted octanol–water partition coefficient (Wildman–Crippen LogP) is 5.85. The Morgan fingerprint density at radius 2 is 1.70 bits per heavy atom. The van der Waals surface area contributed by atoms with Crippen LogP contribution in [0.4, 0.5) is 37.7 Å². The van der Waals surface area contributed by atoms with Crippen LogP contribution in [-0.4, -0.2) is 20.1 Å². The van der Waals surface area contributed by atoms with Crippen LogP contribution in [0.5, 0.6) is 0 Å². The molecule has 9 heteroatoms. The van der Waals surface area contributed by atoms with Gasteiger partial charge in [0.25, 0.3) is 0 Å². The van der Waals surface area contributed by atoms with Gasteiger partial charge in [0, 0.05) is 31.5 Å². The molecular formula is C21H23F6N3. The Kier molecular flexibility index (Phi) is 6.50. The molecule has 1 aliphatic rings. The molecule has 0 aliphatic carbocycles. The Labute approximate surface area is 170 Å². The summed E-state index contributed by atoms with van der Waals surface area (Å²) in [5.41, 5.74) is -1.02. The zero-order chi connectivity index (χ0) is 21.9. The molecule has 3 rings (SSSR count). The van der Waals surface area contributed by atoms with Crippen LogP contribution in [-0.2, 0) is 18.9 Å². The number of piperidine rings is 1. The molecule has 0 radical (unpaired) electrons. The van der Waals surface area contributed by atoms with Crippen molar-refractivity contribution in [2.24, 2.45) is 0 Å². The Morgan fingerprint density at radius 3 is 2.30 bits per heavy atom. The quantitative estimate of drug-likeness (QED) is 0.520. The smallest absolute Gasteiger partial charge is 0.387 e. The largest absolute Gasteiger partial charge is 0.418 e. The van der Waals surface area contributed by atoms with E-state index in [0.717, 1.165) is 31.5 Å². The van der Waals surface area contributed by atoms with Crippen molar-refractivity contribution < 1.29 is 26.3 Å². The lowest BCUT2D eigenvalue weighted by molar-refractivity contribution is -0.138. The molecule has 0 spiro atoms. The minimum atomic E-state index is -4.60. The Bertz CT molecular complexity index is 870. The van der Waals surface area contributed by atoms with Gasteiger partial charge in [-0.1, -0.05) is 18.2 Å². The Hall–Kier alpha value is -2.42. The molecule has 1 saturated heterocycles. The molecule has 2 aromatic carbocycles. The first kappa shape index (κ1) is 22.3. The van der Waals surface area contributed by atoms with Crippen LogP contribution in [0.2, 0.25) is 0 Å². The summed E-state index contributed by atoms with van der Waals surface area (Å²) in [7, 11) is 1.44. The second kappa shape index (κ2) is 8.75. The molecule has 1 unspecified atom stereocenters. The van der Waals surface area contributed by atoms with Crippen molar-refractivity contribution in [2.75, 3.05) is 30.8 Å². The second-order valence-electron chi connectivity index (χ2n) is 7.29. The van der Waals surface area contributed by atoms with E-state index in [1.54, 1.807) is 6.07 Å². The predicted molar refractivity (Wildman–Crippen MR) is 105 cm³/mol. The zero-order valence-electron chi connectivity index (χ0n) is 16.3. The third-order valence-corrected chi connectivity index (χ3v) is 5.27. The van der Waals surface area contributed by atoms with Crippen molar-refractivity contribution in [3.05, 3.63) is 58.7 Å². The summed E-state index contributed by atoms with van der Waals surface area (Å²) in [4.78, 5) is 0. The summed E-state index contributed by atoms with van der Waals surface area (Å²) in [6.07, 6.45) is -7.56. The number of anilines is 2. The SMILES string of the molecule is CNc1c(C2CCCNC2)cc(NCc2ccccc2C(F)(F)F)cc1C(F)(F)F. The Balaban J connectivity index is 1.97. The van der Waals surface area contributed by atoms with Gasteiger partial charge < -0.3 is 16.0 Å². The topological polar surface area (TPSA) is 36.1 Å². The average Bonchev–Trinajstić information content (AvgIpc) is 2.71. The first-order valence-corrected chi connectivity index (χ1v) is 9.64. The van der Waals surface area contributed by atoms with E-state index >= 15 is 0 Å². The molecule has 1 fully saturated rings. The van der Waals surface area contributed by atoms with Crippen molar-refractivity contribution in [3.8, 4) is 0 Å². The fraction of sp³-hybridized carbons (Fsp3) is 0.429. The number of benzene rings is 2. The minimum absolute atomic E-state index is 0.0115. The summed E-state index contributed by atoms with van der Waals surface area (Å²) in [5, 5.41) is 8.63. The molecule has 30 heavy (non-hydrogen) atoms. The summed E-state index contributed by atoms with van der Waals surface area (Å²) < 4.78 is 80.8. The van der Waals surface area contributed by atoms with Crippen molar-refractivity contribution in [1.29, 1.82) is 0 Å². The van der Waals surface area contributed by atoms with E-state index in [9.17, 15) is 26.3 Å². The number of hydrogen-bond donors (Lipinski definition) is 3. The fourth-order valence-corrected chi connectivity index (χ4v) is 3.86. The van der Waals surface area contributed by atoms with Crippen LogP contribution in [0.3, 0.4) is 0 Å². The van der Waals surface area contributed by atoms with Gasteiger partial charge in [0.2, 0.25) is 0 Å². The van der Waals surface area contributed by atoms with E-state index in [-0.39, 0.29) is 29.4 Å². The van der Waals surface area contributed by atoms with Crippen molar-refractivity contribution in [1.82, 2.24) is 5.32 Å². The van der Waals surface area contributed by atoms with E-state index in [4.69, 9.17) is 0 Å². The number of hydrogen-bond acceptors (Lipinski definition) is 3. The lowest BCUT2D eigenvalue weighted by Crippen LogP contribution is -2.29. The third kappa shape index (κ3) is 5.00. The van der Waals surface area contributed by atoms with Gasteiger partial charge in [0.15, 0.2) is 0 Å². The van der Waals surface area contributed by atoms with E-state index in [1.807, 2.05) is 0 Å². The number of nitrogens with one attached hydrogen (secondary N) is 3. The highest BCUT2D eigenvalue weighted by Crippen LogP contribution is 2.42. The molecule has 2 aromatic rings. The van der Waals surface area contributed by atoms with Gasteiger partial charge in [0.1, 0.15) is 0 Å². The van der Waals surface area contributed by atoms with Crippen molar-refractivity contribution in [2.45, 2.75) is 37.7 Å². The molecule has 0 saturated carbocycles. The molecule has 1 aliphatic heterocycles. The zero-order valence-corrected chi connectivity index (χ0v) is 16.3. The van der Waals surface area contributed by atoms with Crippen LogP contribution >= 0.6 is 0 Å². The van der Waals surface area contributed by atoms with Gasteiger partial charge >= 0.3 is 12.4 Å². The maximum atomic E-state index is 13.7. The standard InChI is InChI=1S/C21H23F6N3/c1-28-19-16(13-6-4-8-29-11-13)9-15(10-18(19)21(25,26)27)30-12-14-5-2-3-7-17(14)20(22,23)24/h2-3,5,7,9-10,13,28-30H,4,6,8,11-12H2,1H3. The van der Waals surface area contributed by atoms with Crippen LogP contribution in [0.25, 0.3) is 0 Å². The van der Waals surface area contributed by atoms with Crippen LogP contribution in [0.15, 0.2) is 36.4 Å². The Morgan fingerprint density at radius 1 is 1.00 bits per heavy atom. The molecule has 1 atom stereocenters. The van der Waals surface area contributed by atoms with Crippen molar-refractivity contribution in [3.63, 3.8) is 0 Å². The second-order valence-corrected chi connectivity index (χ2v) is 7.29. The average molecular weight is 431 g/mol. The highest BCUT2D eigenvalue weighted by Gasteiger charge is 2.36. The highest BCUT2D eigenvalue weighted by molar-refractivity contribution is 5.67. The molecule has 0 bridgehead atoms. The van der Waals surface area contributed by atoms with E-state index in [0.29, 0.717) is 12.1 Å². The third-order valence-electron chi connectivity index (χ3n) is 5.27. The molecule has 3 nitrogen and oxygen atoms in total. The summed E-state index contributed by atoms with van der Waals surface area (Å²) in [6, 6.07) is 7.58. The van der Waals surface area contributed by atoms with Crippen LogP contribution in [0.1, 0.15) is 41.0 Å². The molecule has 1 heterocycles. The maximum Gasteiger partial charge on any atom is 0.418 e. The lowest BCUT2D eigenvalue weighted by Gasteiger charge is -2.28. The van der Waals surface area contributed by atoms with Crippen LogP contribution < -0.4 is 16.0 Å². The van der Waals surface area contributed by atoms with Gasteiger partial charge in [0.05, 0.1) is 11.1 Å². The molecule has 0 amide bonds. The molecular weight excluding hydrogens is 408 g/mol. The number of alkyl halides is 6. The van der Waals surface area contributed by atoms with Gasteiger partial charge in [-0.2, -0.15) is 26.3 Å². The van der Waals surface area contributed by atoms with Gasteiger partial charge in [-0.3, -0.25) is 0 Å². The monoisotopic (exact) mass is 431 g/mol. The van der Waals surface area contributed by atoms with Gasteiger partial charge in [-0.15, -0.1) is 0 Å². The minimum Gasteiger partial charge on any atom is -0.387 e. The lowest BCUT2D eigenvalue weighted by atomic mass is 9.88. The van der Waals surface area contributed by atoms with Gasteiger partial charge in [-0.05, 0) is 54.6 Å². The summed E-state index contributed by atoms with van der Waals surface area (Å²) in [6.45, 7) is 1.12. The molecule has 3 N–H and O–H groups in total. The molecule has 164 valence electrons. The first-order chi connectivity index (χ1) is 14.1. The summed E-state index contributed by atoms with van der Waals surface area (Å²) >= 11 is 0. The van der Waals surface area contributed by atoms with E-state index in [2.05, 4.69) is 16.0 Å². The molecule has 0 aromatic heterocycles. The fourth-order valence-electron chi connectivity index (χ4n) is 3.86. The maximum absolute atomic E-state index is 13.7. The normalized spacial score (nSPS) is 17.6. The number of halogens is 6. The highest BCUT2D eigenvalue weighted by atomic mass is 19.4. The van der Waals surface area contributed by atoms with Crippen LogP contribution in [0, 0.1) is 0 Å². The van der Waals surface area contributed by atoms with E-state index in [1.165, 1.54) is 25.2 Å². The first-order valence-electron chi connectivity index (χ1n) is 9.64.